The highest BCUT2D eigenvalue weighted by atomic mass is 79.9. The standard InChI is InChI=1S/C16H14BrF2N/c17-15-5-4-13(19)9-16(15)20-14-7-11(8-14)10-2-1-3-12(18)6-10/h1-6,9,11,14,20H,7-8H2. The Bertz CT molecular complexity index is 624. The van der Waals surface area contributed by atoms with Gasteiger partial charge in [-0.1, -0.05) is 12.1 Å². The number of anilines is 1. The molecule has 1 nitrogen and oxygen atoms in total. The van der Waals surface area contributed by atoms with Crippen molar-refractivity contribution < 1.29 is 8.78 Å². The summed E-state index contributed by atoms with van der Waals surface area (Å²) < 4.78 is 27.2. The molecule has 0 saturated heterocycles. The summed E-state index contributed by atoms with van der Waals surface area (Å²) in [5, 5.41) is 3.32. The molecule has 0 unspecified atom stereocenters. The first kappa shape index (κ1) is 13.6. The Morgan fingerprint density at radius 1 is 1.00 bits per heavy atom. The van der Waals surface area contributed by atoms with Gasteiger partial charge in [0.1, 0.15) is 11.6 Å². The lowest BCUT2D eigenvalue weighted by Crippen LogP contribution is -2.34. The van der Waals surface area contributed by atoms with Crippen LogP contribution in [-0.4, -0.2) is 6.04 Å². The van der Waals surface area contributed by atoms with Crippen LogP contribution in [0.4, 0.5) is 14.5 Å². The minimum Gasteiger partial charge on any atom is -0.381 e. The van der Waals surface area contributed by atoms with E-state index in [1.807, 2.05) is 6.07 Å². The molecule has 0 spiro atoms. The topological polar surface area (TPSA) is 12.0 Å². The number of benzene rings is 2. The minimum atomic E-state index is -0.253. The largest absolute Gasteiger partial charge is 0.381 e. The Hall–Kier alpha value is -1.42. The zero-order valence-corrected chi connectivity index (χ0v) is 12.3. The Morgan fingerprint density at radius 3 is 2.50 bits per heavy atom. The van der Waals surface area contributed by atoms with Crippen LogP contribution in [0.5, 0.6) is 0 Å². The fraction of sp³-hybridized carbons (Fsp3) is 0.250. The first-order valence-corrected chi connectivity index (χ1v) is 7.38. The maximum Gasteiger partial charge on any atom is 0.125 e. The highest BCUT2D eigenvalue weighted by Crippen LogP contribution is 2.39. The summed E-state index contributed by atoms with van der Waals surface area (Å²) in [7, 11) is 0. The summed E-state index contributed by atoms with van der Waals surface area (Å²) in [6.45, 7) is 0. The summed E-state index contributed by atoms with van der Waals surface area (Å²) >= 11 is 3.40. The van der Waals surface area contributed by atoms with E-state index in [-0.39, 0.29) is 11.6 Å². The normalized spacial score (nSPS) is 21.4. The molecule has 2 aromatic rings. The molecule has 1 aliphatic carbocycles. The van der Waals surface area contributed by atoms with Gasteiger partial charge in [-0.3, -0.25) is 0 Å². The molecule has 0 radical (unpaired) electrons. The third kappa shape index (κ3) is 2.85. The molecule has 1 fully saturated rings. The van der Waals surface area contributed by atoms with E-state index < -0.39 is 0 Å². The lowest BCUT2D eigenvalue weighted by Gasteiger charge is -2.37. The van der Waals surface area contributed by atoms with Gasteiger partial charge in [0.25, 0.3) is 0 Å². The molecule has 0 amide bonds. The second kappa shape index (κ2) is 5.52. The summed E-state index contributed by atoms with van der Waals surface area (Å²) in [5.41, 5.74) is 1.81. The first-order valence-electron chi connectivity index (χ1n) is 6.59. The predicted molar refractivity (Wildman–Crippen MR) is 79.9 cm³/mol. The first-order chi connectivity index (χ1) is 9.61. The minimum absolute atomic E-state index is 0.188. The Kier molecular flexibility index (Phi) is 3.74. The number of halogens is 3. The fourth-order valence-electron chi connectivity index (χ4n) is 2.60. The fourth-order valence-corrected chi connectivity index (χ4v) is 2.96. The third-order valence-corrected chi connectivity index (χ3v) is 4.44. The third-order valence-electron chi connectivity index (χ3n) is 3.75. The Morgan fingerprint density at radius 2 is 1.75 bits per heavy atom. The number of rotatable bonds is 3. The molecular weight excluding hydrogens is 324 g/mol. The molecule has 1 N–H and O–H groups in total. The van der Waals surface area contributed by atoms with Crippen molar-refractivity contribution in [1.29, 1.82) is 0 Å². The summed E-state index contributed by atoms with van der Waals surface area (Å²) in [6.07, 6.45) is 1.87. The second-order valence-corrected chi connectivity index (χ2v) is 6.04. The van der Waals surface area contributed by atoms with Gasteiger partial charge in [0.2, 0.25) is 0 Å². The van der Waals surface area contributed by atoms with Crippen LogP contribution in [0, 0.1) is 11.6 Å². The molecule has 0 aromatic heterocycles. The predicted octanol–water partition coefficient (Wildman–Crippen LogP) is 5.09. The van der Waals surface area contributed by atoms with Crippen LogP contribution >= 0.6 is 15.9 Å². The SMILES string of the molecule is Fc1cccc(C2CC(Nc3cc(F)ccc3Br)C2)c1. The van der Waals surface area contributed by atoms with Gasteiger partial charge in [0.15, 0.2) is 0 Å². The lowest BCUT2D eigenvalue weighted by atomic mass is 9.76. The Balaban J connectivity index is 1.62. The van der Waals surface area contributed by atoms with E-state index in [1.165, 1.54) is 18.2 Å². The quantitative estimate of drug-likeness (QED) is 0.822. The van der Waals surface area contributed by atoms with Crippen LogP contribution in [0.25, 0.3) is 0 Å². The van der Waals surface area contributed by atoms with Crippen LogP contribution in [0.1, 0.15) is 24.3 Å². The zero-order chi connectivity index (χ0) is 14.1. The summed E-state index contributed by atoms with van der Waals surface area (Å²) in [5.74, 6) is -0.0565. The molecule has 0 atom stereocenters. The van der Waals surface area contributed by atoms with Crippen molar-refractivity contribution in [2.24, 2.45) is 0 Å². The lowest BCUT2D eigenvalue weighted by molar-refractivity contribution is 0.373. The molecule has 0 aliphatic heterocycles. The average molecular weight is 338 g/mol. The number of nitrogens with one attached hydrogen (secondary N) is 1. The average Bonchev–Trinajstić information content (AvgIpc) is 2.37. The van der Waals surface area contributed by atoms with Crippen LogP contribution in [0.2, 0.25) is 0 Å². The van der Waals surface area contributed by atoms with Gasteiger partial charge in [-0.25, -0.2) is 8.78 Å². The maximum absolute atomic E-state index is 13.2. The zero-order valence-electron chi connectivity index (χ0n) is 10.7. The molecular formula is C16H14BrF2N. The van der Waals surface area contributed by atoms with E-state index in [2.05, 4.69) is 21.2 Å². The van der Waals surface area contributed by atoms with Crippen molar-refractivity contribution in [3.05, 3.63) is 64.1 Å². The molecule has 1 aliphatic rings. The van der Waals surface area contributed by atoms with E-state index in [1.54, 1.807) is 18.2 Å². The summed E-state index contributed by atoms with van der Waals surface area (Å²) in [4.78, 5) is 0. The molecule has 3 rings (SSSR count). The molecule has 4 heteroatoms. The molecule has 0 heterocycles. The van der Waals surface area contributed by atoms with Gasteiger partial charge < -0.3 is 5.32 Å². The van der Waals surface area contributed by atoms with Gasteiger partial charge >= 0.3 is 0 Å². The smallest absolute Gasteiger partial charge is 0.125 e. The van der Waals surface area contributed by atoms with Crippen molar-refractivity contribution in [2.75, 3.05) is 5.32 Å². The van der Waals surface area contributed by atoms with Crippen molar-refractivity contribution in [3.8, 4) is 0 Å². The molecule has 104 valence electrons. The van der Waals surface area contributed by atoms with Gasteiger partial charge in [-0.15, -0.1) is 0 Å². The van der Waals surface area contributed by atoms with Crippen molar-refractivity contribution in [1.82, 2.24) is 0 Å². The Labute approximate surface area is 125 Å². The van der Waals surface area contributed by atoms with Crippen molar-refractivity contribution >= 4 is 21.6 Å². The monoisotopic (exact) mass is 337 g/mol. The molecule has 20 heavy (non-hydrogen) atoms. The highest BCUT2D eigenvalue weighted by Gasteiger charge is 2.30. The van der Waals surface area contributed by atoms with Gasteiger partial charge in [-0.05, 0) is 70.6 Å². The molecule has 2 aromatic carbocycles. The molecule has 0 bridgehead atoms. The summed E-state index contributed by atoms with van der Waals surface area (Å²) in [6, 6.07) is 11.7. The number of hydrogen-bond acceptors (Lipinski definition) is 1. The van der Waals surface area contributed by atoms with E-state index in [4.69, 9.17) is 0 Å². The van der Waals surface area contributed by atoms with Crippen molar-refractivity contribution in [3.63, 3.8) is 0 Å². The number of hydrogen-bond donors (Lipinski definition) is 1. The highest BCUT2D eigenvalue weighted by molar-refractivity contribution is 9.10. The van der Waals surface area contributed by atoms with E-state index in [0.29, 0.717) is 12.0 Å². The molecule has 1 saturated carbocycles. The van der Waals surface area contributed by atoms with E-state index in [0.717, 1.165) is 28.6 Å². The van der Waals surface area contributed by atoms with Gasteiger partial charge in [0.05, 0.1) is 5.69 Å². The van der Waals surface area contributed by atoms with Gasteiger partial charge in [-0.2, -0.15) is 0 Å². The maximum atomic E-state index is 13.2. The van der Waals surface area contributed by atoms with Crippen molar-refractivity contribution in [2.45, 2.75) is 24.8 Å². The van der Waals surface area contributed by atoms with Gasteiger partial charge in [0, 0.05) is 10.5 Å². The second-order valence-electron chi connectivity index (χ2n) is 5.19. The van der Waals surface area contributed by atoms with E-state index in [9.17, 15) is 8.78 Å². The van der Waals surface area contributed by atoms with Crippen LogP contribution < -0.4 is 5.32 Å². The van der Waals surface area contributed by atoms with Crippen LogP contribution in [-0.2, 0) is 0 Å². The van der Waals surface area contributed by atoms with Crippen LogP contribution in [0.3, 0.4) is 0 Å². The van der Waals surface area contributed by atoms with Crippen LogP contribution in [0.15, 0.2) is 46.9 Å². The van der Waals surface area contributed by atoms with E-state index >= 15 is 0 Å².